The van der Waals surface area contributed by atoms with Crippen LogP contribution in [0.4, 0.5) is 0 Å². The van der Waals surface area contributed by atoms with Gasteiger partial charge in [-0.3, -0.25) is 0 Å². The normalized spacial score (nSPS) is 34.3. The van der Waals surface area contributed by atoms with Gasteiger partial charge in [0, 0.05) is 11.0 Å². The Balaban J connectivity index is 2.00. The molecule has 3 unspecified atom stereocenters. The molecule has 0 nitrogen and oxygen atoms in total. The van der Waals surface area contributed by atoms with Crippen LogP contribution in [0, 0.1) is 5.92 Å². The van der Waals surface area contributed by atoms with Gasteiger partial charge in [0.15, 0.2) is 0 Å². The van der Waals surface area contributed by atoms with Gasteiger partial charge in [-0.2, -0.15) is 11.8 Å². The summed E-state index contributed by atoms with van der Waals surface area (Å²) in [5, 5.41) is 0.937. The Morgan fingerprint density at radius 1 is 1.20 bits per heavy atom. The van der Waals surface area contributed by atoms with E-state index < -0.39 is 0 Å². The van der Waals surface area contributed by atoms with Gasteiger partial charge in [-0.1, -0.05) is 37.6 Å². The maximum absolute atomic E-state index is 2.44. The van der Waals surface area contributed by atoms with E-state index in [4.69, 9.17) is 0 Å². The number of thioether (sulfide) groups is 1. The van der Waals surface area contributed by atoms with Crippen molar-refractivity contribution in [2.75, 3.05) is 0 Å². The molecule has 80 valence electrons. The lowest BCUT2D eigenvalue weighted by molar-refractivity contribution is 0.472. The van der Waals surface area contributed by atoms with Crippen LogP contribution in [0.25, 0.3) is 0 Å². The lowest BCUT2D eigenvalue weighted by atomic mass is 9.84. The molecule has 0 N–H and O–H groups in total. The number of benzene rings is 1. The second-order valence-electron chi connectivity index (χ2n) is 4.93. The molecule has 1 aliphatic heterocycles. The smallest absolute Gasteiger partial charge is 0.0190 e. The quantitative estimate of drug-likeness (QED) is 0.628. The zero-order valence-corrected chi connectivity index (χ0v) is 10.1. The maximum atomic E-state index is 2.44. The Bertz CT molecular complexity index is 358. The number of rotatable bonds is 0. The van der Waals surface area contributed by atoms with Crippen molar-refractivity contribution in [3.8, 4) is 0 Å². The topological polar surface area (TPSA) is 0 Å². The van der Waals surface area contributed by atoms with Crippen molar-refractivity contribution in [2.24, 2.45) is 5.92 Å². The predicted molar refractivity (Wildman–Crippen MR) is 67.3 cm³/mol. The van der Waals surface area contributed by atoms with Crippen molar-refractivity contribution in [1.29, 1.82) is 0 Å². The van der Waals surface area contributed by atoms with Crippen LogP contribution in [0.1, 0.15) is 43.2 Å². The van der Waals surface area contributed by atoms with E-state index in [0.29, 0.717) is 0 Å². The molecule has 1 aromatic rings. The summed E-state index contributed by atoms with van der Waals surface area (Å²) in [6.45, 7) is 2.44. The van der Waals surface area contributed by atoms with Gasteiger partial charge in [0.2, 0.25) is 0 Å². The Morgan fingerprint density at radius 2 is 2.07 bits per heavy atom. The van der Waals surface area contributed by atoms with E-state index in [1.54, 1.807) is 11.1 Å². The third-order valence-corrected chi connectivity index (χ3v) is 5.64. The average Bonchev–Trinajstić information content (AvgIpc) is 2.69. The molecule has 0 amide bonds. The highest BCUT2D eigenvalue weighted by molar-refractivity contribution is 7.99. The predicted octanol–water partition coefficient (Wildman–Crippen LogP) is 4.21. The van der Waals surface area contributed by atoms with E-state index in [2.05, 4.69) is 43.0 Å². The summed E-state index contributed by atoms with van der Waals surface area (Å²) in [6, 6.07) is 9.06. The van der Waals surface area contributed by atoms with Gasteiger partial charge in [0.1, 0.15) is 0 Å². The van der Waals surface area contributed by atoms with Crippen LogP contribution in [0.2, 0.25) is 0 Å². The molecule has 1 aliphatic carbocycles. The molecular weight excluding hydrogens is 200 g/mol. The SMILES string of the molecule is CC1c2ccccc2CSC2CCCC21. The molecule has 3 atom stereocenters. The molecule has 0 bridgehead atoms. The van der Waals surface area contributed by atoms with Gasteiger partial charge in [-0.05, 0) is 35.8 Å². The van der Waals surface area contributed by atoms with E-state index >= 15 is 0 Å². The highest BCUT2D eigenvalue weighted by Gasteiger charge is 2.35. The van der Waals surface area contributed by atoms with Gasteiger partial charge < -0.3 is 0 Å². The largest absolute Gasteiger partial charge is 0.153 e. The Morgan fingerprint density at radius 3 is 3.00 bits per heavy atom. The summed E-state index contributed by atoms with van der Waals surface area (Å²) in [5.74, 6) is 2.96. The van der Waals surface area contributed by atoms with Gasteiger partial charge in [0.25, 0.3) is 0 Å². The first-order valence-electron chi connectivity index (χ1n) is 6.05. The first-order valence-corrected chi connectivity index (χ1v) is 7.10. The van der Waals surface area contributed by atoms with Crippen LogP contribution >= 0.6 is 11.8 Å². The van der Waals surface area contributed by atoms with Crippen molar-refractivity contribution in [2.45, 2.75) is 43.1 Å². The molecule has 0 saturated heterocycles. The van der Waals surface area contributed by atoms with Crippen LogP contribution in [0.15, 0.2) is 24.3 Å². The number of fused-ring (bicyclic) bond motifs is 2. The van der Waals surface area contributed by atoms with E-state index in [1.807, 2.05) is 0 Å². The second-order valence-corrected chi connectivity index (χ2v) is 6.16. The zero-order valence-electron chi connectivity index (χ0n) is 9.28. The molecule has 1 saturated carbocycles. The average molecular weight is 218 g/mol. The molecule has 1 heteroatoms. The zero-order chi connectivity index (χ0) is 10.3. The third-order valence-electron chi connectivity index (χ3n) is 4.14. The summed E-state index contributed by atoms with van der Waals surface area (Å²) >= 11 is 2.20. The monoisotopic (exact) mass is 218 g/mol. The van der Waals surface area contributed by atoms with Gasteiger partial charge >= 0.3 is 0 Å². The van der Waals surface area contributed by atoms with Crippen molar-refractivity contribution in [3.05, 3.63) is 35.4 Å². The molecule has 1 heterocycles. The molecule has 3 rings (SSSR count). The maximum Gasteiger partial charge on any atom is 0.0190 e. The Kier molecular flexibility index (Phi) is 2.51. The fourth-order valence-corrected chi connectivity index (χ4v) is 4.88. The Labute approximate surface area is 96.5 Å². The second kappa shape index (κ2) is 3.86. The molecular formula is C14H18S. The third kappa shape index (κ3) is 1.61. The summed E-state index contributed by atoms with van der Waals surface area (Å²) in [6.07, 6.45) is 4.36. The first-order chi connectivity index (χ1) is 7.36. The van der Waals surface area contributed by atoms with Crippen LogP contribution in [0.5, 0.6) is 0 Å². The Hall–Kier alpha value is -0.430. The minimum Gasteiger partial charge on any atom is -0.153 e. The highest BCUT2D eigenvalue weighted by Crippen LogP contribution is 2.47. The van der Waals surface area contributed by atoms with Gasteiger partial charge in [-0.25, -0.2) is 0 Å². The van der Waals surface area contributed by atoms with E-state index in [9.17, 15) is 0 Å². The van der Waals surface area contributed by atoms with Crippen molar-refractivity contribution in [1.82, 2.24) is 0 Å². The van der Waals surface area contributed by atoms with Crippen LogP contribution < -0.4 is 0 Å². The van der Waals surface area contributed by atoms with Gasteiger partial charge in [0.05, 0.1) is 0 Å². The summed E-state index contributed by atoms with van der Waals surface area (Å²) in [4.78, 5) is 0. The molecule has 0 radical (unpaired) electrons. The highest BCUT2D eigenvalue weighted by atomic mass is 32.2. The summed E-state index contributed by atoms with van der Waals surface area (Å²) in [7, 11) is 0. The fraction of sp³-hybridized carbons (Fsp3) is 0.571. The number of hydrogen-bond acceptors (Lipinski definition) is 1. The molecule has 15 heavy (non-hydrogen) atoms. The molecule has 0 spiro atoms. The molecule has 1 fully saturated rings. The van der Waals surface area contributed by atoms with Crippen molar-refractivity contribution < 1.29 is 0 Å². The van der Waals surface area contributed by atoms with E-state index in [-0.39, 0.29) is 0 Å². The summed E-state index contributed by atoms with van der Waals surface area (Å²) in [5.41, 5.74) is 3.21. The molecule has 1 aromatic carbocycles. The van der Waals surface area contributed by atoms with Crippen LogP contribution in [0.3, 0.4) is 0 Å². The molecule has 2 aliphatic rings. The van der Waals surface area contributed by atoms with E-state index in [0.717, 1.165) is 17.1 Å². The molecule has 0 aromatic heterocycles. The van der Waals surface area contributed by atoms with Crippen LogP contribution in [-0.4, -0.2) is 5.25 Å². The van der Waals surface area contributed by atoms with Crippen molar-refractivity contribution in [3.63, 3.8) is 0 Å². The van der Waals surface area contributed by atoms with Crippen molar-refractivity contribution >= 4 is 11.8 Å². The first kappa shape index (κ1) is 9.77. The minimum atomic E-state index is 0.781. The number of hydrogen-bond donors (Lipinski definition) is 0. The fourth-order valence-electron chi connectivity index (χ4n) is 3.27. The minimum absolute atomic E-state index is 0.781. The standard InChI is InChI=1S/C14H18S/c1-10-12-6-3-2-5-11(12)9-15-14-8-4-7-13(10)14/h2-3,5-6,10,13-14H,4,7-9H2,1H3. The lowest BCUT2D eigenvalue weighted by Gasteiger charge is -2.22. The summed E-state index contributed by atoms with van der Waals surface area (Å²) < 4.78 is 0. The lowest BCUT2D eigenvalue weighted by Crippen LogP contribution is -2.15. The van der Waals surface area contributed by atoms with E-state index in [1.165, 1.54) is 25.0 Å². The van der Waals surface area contributed by atoms with Gasteiger partial charge in [-0.15, -0.1) is 0 Å². The van der Waals surface area contributed by atoms with Crippen LogP contribution in [-0.2, 0) is 5.75 Å².